The highest BCUT2D eigenvalue weighted by Gasteiger charge is 2.30. The number of benzene rings is 1. The van der Waals surface area contributed by atoms with Crippen LogP contribution in [0.1, 0.15) is 36.9 Å². The first-order chi connectivity index (χ1) is 8.43. The Labute approximate surface area is 109 Å². The van der Waals surface area contributed by atoms with Gasteiger partial charge in [-0.25, -0.2) is 0 Å². The van der Waals surface area contributed by atoms with Gasteiger partial charge in [0.1, 0.15) is 6.04 Å². The standard InChI is InChI=1S/C12H14ClNO4/c1-5(2)8-9(10(14)12(15)16)6(13)3-7-11(8)18-4-17-7/h3,5,10H,4,14H2,1-2H3,(H,15,16). The zero-order valence-corrected chi connectivity index (χ0v) is 10.8. The lowest BCUT2D eigenvalue weighted by molar-refractivity contribution is -0.138. The number of nitrogens with two attached hydrogens (primary N) is 1. The van der Waals surface area contributed by atoms with E-state index in [0.717, 1.165) is 0 Å². The van der Waals surface area contributed by atoms with Crippen LogP contribution in [0.4, 0.5) is 0 Å². The maximum absolute atomic E-state index is 11.1. The quantitative estimate of drug-likeness (QED) is 0.881. The van der Waals surface area contributed by atoms with Gasteiger partial charge in [-0.05, 0) is 5.92 Å². The average molecular weight is 272 g/mol. The zero-order chi connectivity index (χ0) is 13.4. The molecule has 0 saturated heterocycles. The summed E-state index contributed by atoms with van der Waals surface area (Å²) < 4.78 is 10.7. The number of carboxylic acid groups (broad SMARTS) is 1. The molecule has 0 aromatic heterocycles. The summed E-state index contributed by atoms with van der Waals surface area (Å²) in [6.45, 7) is 3.95. The van der Waals surface area contributed by atoms with E-state index in [2.05, 4.69) is 0 Å². The number of aliphatic carboxylic acids is 1. The topological polar surface area (TPSA) is 81.8 Å². The summed E-state index contributed by atoms with van der Waals surface area (Å²) in [6.07, 6.45) is 0. The normalized spacial score (nSPS) is 14.9. The predicted molar refractivity (Wildman–Crippen MR) is 66.2 cm³/mol. The molecule has 1 aromatic carbocycles. The Morgan fingerprint density at radius 1 is 1.44 bits per heavy atom. The molecule has 0 amide bonds. The number of fused-ring (bicyclic) bond motifs is 1. The van der Waals surface area contributed by atoms with Crippen LogP contribution >= 0.6 is 11.6 Å². The second kappa shape index (κ2) is 4.66. The van der Waals surface area contributed by atoms with Crippen molar-refractivity contribution in [2.24, 2.45) is 5.73 Å². The van der Waals surface area contributed by atoms with Gasteiger partial charge in [0.25, 0.3) is 0 Å². The van der Waals surface area contributed by atoms with Crippen LogP contribution in [0.15, 0.2) is 6.07 Å². The van der Waals surface area contributed by atoms with Crippen molar-refractivity contribution in [1.82, 2.24) is 0 Å². The Balaban J connectivity index is 2.68. The van der Waals surface area contributed by atoms with E-state index in [9.17, 15) is 4.79 Å². The predicted octanol–water partition coefficient (Wildman–Crippen LogP) is 2.28. The van der Waals surface area contributed by atoms with Crippen molar-refractivity contribution in [2.75, 3.05) is 6.79 Å². The minimum absolute atomic E-state index is 0.0274. The van der Waals surface area contributed by atoms with Gasteiger partial charge >= 0.3 is 5.97 Å². The third-order valence-corrected chi connectivity index (χ3v) is 3.16. The third kappa shape index (κ3) is 2.00. The maximum Gasteiger partial charge on any atom is 0.325 e. The Morgan fingerprint density at radius 2 is 2.11 bits per heavy atom. The molecule has 98 valence electrons. The molecule has 1 aliphatic heterocycles. The van der Waals surface area contributed by atoms with Crippen LogP contribution in [0, 0.1) is 0 Å². The highest BCUT2D eigenvalue weighted by atomic mass is 35.5. The molecule has 0 spiro atoms. The number of hydrogen-bond acceptors (Lipinski definition) is 4. The fourth-order valence-electron chi connectivity index (χ4n) is 2.06. The van der Waals surface area contributed by atoms with E-state index < -0.39 is 12.0 Å². The van der Waals surface area contributed by atoms with E-state index in [1.54, 1.807) is 6.07 Å². The molecule has 1 aliphatic rings. The van der Waals surface area contributed by atoms with Gasteiger partial charge < -0.3 is 20.3 Å². The van der Waals surface area contributed by atoms with E-state index in [1.165, 1.54) is 0 Å². The van der Waals surface area contributed by atoms with E-state index in [4.69, 9.17) is 31.9 Å². The van der Waals surface area contributed by atoms with Crippen molar-refractivity contribution < 1.29 is 19.4 Å². The van der Waals surface area contributed by atoms with Gasteiger partial charge in [0.05, 0.1) is 5.02 Å². The van der Waals surface area contributed by atoms with Crippen LogP contribution in [-0.2, 0) is 4.79 Å². The summed E-state index contributed by atoms with van der Waals surface area (Å²) in [4.78, 5) is 11.1. The zero-order valence-electron chi connectivity index (χ0n) is 10.1. The fraction of sp³-hybridized carbons (Fsp3) is 0.417. The smallest absolute Gasteiger partial charge is 0.325 e. The van der Waals surface area contributed by atoms with Gasteiger partial charge in [0.15, 0.2) is 11.5 Å². The molecule has 5 nitrogen and oxygen atoms in total. The Bertz CT molecular complexity index is 501. The summed E-state index contributed by atoms with van der Waals surface area (Å²) in [5.74, 6) is -0.0247. The SMILES string of the molecule is CC(C)c1c2c(cc(Cl)c1C(N)C(=O)O)OCO2. The molecule has 1 atom stereocenters. The molecule has 0 radical (unpaired) electrons. The summed E-state index contributed by atoms with van der Waals surface area (Å²) in [7, 11) is 0. The number of halogens is 1. The van der Waals surface area contributed by atoms with Gasteiger partial charge in [-0.15, -0.1) is 0 Å². The Morgan fingerprint density at radius 3 is 2.67 bits per heavy atom. The maximum atomic E-state index is 11.1. The first-order valence-electron chi connectivity index (χ1n) is 5.53. The summed E-state index contributed by atoms with van der Waals surface area (Å²) in [6, 6.07) is 0.373. The molecular formula is C12H14ClNO4. The second-order valence-electron chi connectivity index (χ2n) is 4.39. The Kier molecular flexibility index (Phi) is 3.36. The minimum Gasteiger partial charge on any atom is -0.480 e. The Hall–Kier alpha value is -1.46. The van der Waals surface area contributed by atoms with Gasteiger partial charge in [-0.1, -0.05) is 25.4 Å². The van der Waals surface area contributed by atoms with Crippen LogP contribution in [0.2, 0.25) is 5.02 Å². The molecule has 6 heteroatoms. The van der Waals surface area contributed by atoms with Gasteiger partial charge in [-0.2, -0.15) is 0 Å². The number of carboxylic acids is 1. The number of carbonyl (C=O) groups is 1. The molecule has 0 aliphatic carbocycles. The van der Waals surface area contributed by atoms with E-state index in [1.807, 2.05) is 13.8 Å². The largest absolute Gasteiger partial charge is 0.480 e. The van der Waals surface area contributed by atoms with E-state index >= 15 is 0 Å². The highest BCUT2D eigenvalue weighted by Crippen LogP contribution is 2.46. The van der Waals surface area contributed by atoms with Gasteiger partial charge in [0, 0.05) is 17.2 Å². The summed E-state index contributed by atoms with van der Waals surface area (Å²) >= 11 is 6.12. The van der Waals surface area contributed by atoms with Crippen molar-refractivity contribution in [3.8, 4) is 11.5 Å². The van der Waals surface area contributed by atoms with Crippen molar-refractivity contribution in [1.29, 1.82) is 0 Å². The van der Waals surface area contributed by atoms with E-state index in [0.29, 0.717) is 22.6 Å². The highest BCUT2D eigenvalue weighted by molar-refractivity contribution is 6.32. The van der Waals surface area contributed by atoms with Crippen LogP contribution < -0.4 is 15.2 Å². The molecule has 3 N–H and O–H groups in total. The molecular weight excluding hydrogens is 258 g/mol. The summed E-state index contributed by atoms with van der Waals surface area (Å²) in [5.41, 5.74) is 6.78. The van der Waals surface area contributed by atoms with Crippen LogP contribution in [0.3, 0.4) is 0 Å². The third-order valence-electron chi connectivity index (χ3n) is 2.85. The molecule has 0 saturated carbocycles. The minimum atomic E-state index is -1.18. The first kappa shape index (κ1) is 13.0. The van der Waals surface area contributed by atoms with E-state index in [-0.39, 0.29) is 17.7 Å². The van der Waals surface area contributed by atoms with Crippen molar-refractivity contribution in [3.05, 3.63) is 22.2 Å². The molecule has 18 heavy (non-hydrogen) atoms. The number of ether oxygens (including phenoxy) is 2. The molecule has 1 unspecified atom stereocenters. The van der Waals surface area contributed by atoms with Crippen molar-refractivity contribution >= 4 is 17.6 Å². The lowest BCUT2D eigenvalue weighted by Crippen LogP contribution is -2.23. The van der Waals surface area contributed by atoms with Gasteiger partial charge in [0.2, 0.25) is 6.79 Å². The van der Waals surface area contributed by atoms with Crippen LogP contribution in [-0.4, -0.2) is 17.9 Å². The molecule has 1 heterocycles. The molecule has 2 rings (SSSR count). The lowest BCUT2D eigenvalue weighted by Gasteiger charge is -2.19. The number of rotatable bonds is 3. The fourth-order valence-corrected chi connectivity index (χ4v) is 2.38. The van der Waals surface area contributed by atoms with Gasteiger partial charge in [-0.3, -0.25) is 4.79 Å². The number of hydrogen-bond donors (Lipinski definition) is 2. The van der Waals surface area contributed by atoms with Crippen LogP contribution in [0.5, 0.6) is 11.5 Å². The van der Waals surface area contributed by atoms with Crippen molar-refractivity contribution in [2.45, 2.75) is 25.8 Å². The second-order valence-corrected chi connectivity index (χ2v) is 4.80. The van der Waals surface area contributed by atoms with Crippen molar-refractivity contribution in [3.63, 3.8) is 0 Å². The lowest BCUT2D eigenvalue weighted by atomic mass is 9.91. The van der Waals surface area contributed by atoms with Crippen LogP contribution in [0.25, 0.3) is 0 Å². The molecule has 0 bridgehead atoms. The molecule has 1 aromatic rings. The first-order valence-corrected chi connectivity index (χ1v) is 5.91. The molecule has 0 fully saturated rings. The summed E-state index contributed by atoms with van der Waals surface area (Å²) in [5, 5.41) is 9.35. The average Bonchev–Trinajstić information content (AvgIpc) is 2.73. The monoisotopic (exact) mass is 271 g/mol.